The summed E-state index contributed by atoms with van der Waals surface area (Å²) >= 11 is 0. The molecule has 0 spiro atoms. The zero-order valence-corrected chi connectivity index (χ0v) is 17.4. The van der Waals surface area contributed by atoms with Gasteiger partial charge < -0.3 is 15.0 Å². The highest BCUT2D eigenvalue weighted by atomic mass is 16.6. The molecule has 1 atom stereocenters. The van der Waals surface area contributed by atoms with Gasteiger partial charge in [-0.05, 0) is 57.1 Å². The third kappa shape index (κ3) is 6.89. The Balaban J connectivity index is 1.78. The Labute approximate surface area is 163 Å². The van der Waals surface area contributed by atoms with Crippen LogP contribution in [0.3, 0.4) is 0 Å². The van der Waals surface area contributed by atoms with E-state index in [4.69, 9.17) is 4.74 Å². The maximum Gasteiger partial charge on any atom is 0.410 e. The maximum absolute atomic E-state index is 12.5. The molecule has 2 rings (SSSR count). The van der Waals surface area contributed by atoms with Gasteiger partial charge >= 0.3 is 6.09 Å². The number of carbonyl (C=O) groups excluding carboxylic acids is 2. The van der Waals surface area contributed by atoms with Crippen LogP contribution < -0.4 is 5.32 Å². The lowest BCUT2D eigenvalue weighted by molar-refractivity contribution is -0.126. The van der Waals surface area contributed by atoms with E-state index >= 15 is 0 Å². The van der Waals surface area contributed by atoms with Crippen molar-refractivity contribution in [3.8, 4) is 0 Å². The highest BCUT2D eigenvalue weighted by Gasteiger charge is 2.30. The van der Waals surface area contributed by atoms with Crippen LogP contribution in [0.2, 0.25) is 0 Å². The molecule has 0 saturated carbocycles. The Kier molecular flexibility index (Phi) is 7.28. The van der Waals surface area contributed by atoms with Gasteiger partial charge in [-0.1, -0.05) is 38.1 Å². The Morgan fingerprint density at radius 1 is 1.22 bits per heavy atom. The number of piperidine rings is 1. The van der Waals surface area contributed by atoms with Crippen LogP contribution in [0.1, 0.15) is 64.5 Å². The lowest BCUT2D eigenvalue weighted by atomic mass is 9.97. The minimum absolute atomic E-state index is 0.0297. The predicted molar refractivity (Wildman–Crippen MR) is 108 cm³/mol. The lowest BCUT2D eigenvalue weighted by Gasteiger charge is -2.33. The van der Waals surface area contributed by atoms with Crippen LogP contribution in [0.4, 0.5) is 4.79 Å². The van der Waals surface area contributed by atoms with E-state index in [1.807, 2.05) is 20.8 Å². The number of carbonyl (C=O) groups is 2. The molecule has 0 bridgehead atoms. The number of amides is 2. The fourth-order valence-electron chi connectivity index (χ4n) is 3.23. The number of hydrogen-bond acceptors (Lipinski definition) is 3. The Morgan fingerprint density at radius 3 is 2.48 bits per heavy atom. The van der Waals surface area contributed by atoms with E-state index in [1.165, 1.54) is 11.1 Å². The summed E-state index contributed by atoms with van der Waals surface area (Å²) in [6, 6.07) is 8.57. The standard InChI is InChI=1S/C22H34N2O3/c1-16(2)18-10-8-17(9-11-18)12-13-23-20(25)19-7-6-14-24(15-19)21(26)27-22(3,4)5/h8-11,16,19H,6-7,12-15H2,1-5H3,(H,23,25)/t19-/m0/s1. The first-order chi connectivity index (χ1) is 12.7. The van der Waals surface area contributed by atoms with E-state index in [1.54, 1.807) is 4.90 Å². The van der Waals surface area contributed by atoms with Crippen molar-refractivity contribution in [2.45, 2.75) is 65.4 Å². The van der Waals surface area contributed by atoms with Crippen LogP contribution in [-0.2, 0) is 16.0 Å². The van der Waals surface area contributed by atoms with Crippen LogP contribution in [0.5, 0.6) is 0 Å². The number of hydrogen-bond donors (Lipinski definition) is 1. The van der Waals surface area contributed by atoms with Gasteiger partial charge in [-0.15, -0.1) is 0 Å². The predicted octanol–water partition coefficient (Wildman–Crippen LogP) is 4.12. The zero-order chi connectivity index (χ0) is 20.0. The number of nitrogens with zero attached hydrogens (tertiary/aromatic N) is 1. The number of likely N-dealkylation sites (tertiary alicyclic amines) is 1. The smallest absolute Gasteiger partial charge is 0.410 e. The molecule has 27 heavy (non-hydrogen) atoms. The fourth-order valence-corrected chi connectivity index (χ4v) is 3.23. The zero-order valence-electron chi connectivity index (χ0n) is 17.4. The summed E-state index contributed by atoms with van der Waals surface area (Å²) in [6.45, 7) is 11.6. The van der Waals surface area contributed by atoms with Crippen LogP contribution in [0.25, 0.3) is 0 Å². The van der Waals surface area contributed by atoms with Crippen LogP contribution in [0.15, 0.2) is 24.3 Å². The topological polar surface area (TPSA) is 58.6 Å². The van der Waals surface area contributed by atoms with Gasteiger partial charge in [-0.25, -0.2) is 4.79 Å². The average Bonchev–Trinajstić information content (AvgIpc) is 2.60. The van der Waals surface area contributed by atoms with Crippen molar-refractivity contribution in [3.63, 3.8) is 0 Å². The molecule has 1 aromatic rings. The molecular formula is C22H34N2O3. The molecule has 0 unspecified atom stereocenters. The first kappa shape index (κ1) is 21.3. The van der Waals surface area contributed by atoms with E-state index in [-0.39, 0.29) is 17.9 Å². The molecule has 1 aliphatic heterocycles. The largest absolute Gasteiger partial charge is 0.444 e. The molecular weight excluding hydrogens is 340 g/mol. The molecule has 1 N–H and O–H groups in total. The molecule has 5 heteroatoms. The third-order valence-corrected chi connectivity index (χ3v) is 4.80. The van der Waals surface area contributed by atoms with E-state index < -0.39 is 5.60 Å². The van der Waals surface area contributed by atoms with Crippen molar-refractivity contribution in [1.82, 2.24) is 10.2 Å². The molecule has 1 aromatic carbocycles. The molecule has 150 valence electrons. The molecule has 1 aliphatic rings. The summed E-state index contributed by atoms with van der Waals surface area (Å²) in [5.74, 6) is 0.398. The van der Waals surface area contributed by atoms with E-state index in [9.17, 15) is 9.59 Å². The van der Waals surface area contributed by atoms with Gasteiger partial charge in [0.05, 0.1) is 5.92 Å². The number of rotatable bonds is 5. The molecule has 5 nitrogen and oxygen atoms in total. The van der Waals surface area contributed by atoms with Gasteiger partial charge in [-0.3, -0.25) is 4.79 Å². The Bertz CT molecular complexity index is 632. The number of ether oxygens (including phenoxy) is 1. The minimum atomic E-state index is -0.516. The second-order valence-corrected chi connectivity index (χ2v) is 8.70. The Morgan fingerprint density at radius 2 is 1.89 bits per heavy atom. The van der Waals surface area contributed by atoms with Gasteiger partial charge in [0.15, 0.2) is 0 Å². The van der Waals surface area contributed by atoms with Crippen molar-refractivity contribution >= 4 is 12.0 Å². The minimum Gasteiger partial charge on any atom is -0.444 e. The van der Waals surface area contributed by atoms with E-state index in [0.29, 0.717) is 25.6 Å². The summed E-state index contributed by atoms with van der Waals surface area (Å²) < 4.78 is 5.43. The van der Waals surface area contributed by atoms with Gasteiger partial charge in [0, 0.05) is 19.6 Å². The van der Waals surface area contributed by atoms with Crippen molar-refractivity contribution in [2.24, 2.45) is 5.92 Å². The van der Waals surface area contributed by atoms with Crippen molar-refractivity contribution < 1.29 is 14.3 Å². The summed E-state index contributed by atoms with van der Waals surface area (Å²) in [4.78, 5) is 26.4. The van der Waals surface area contributed by atoms with Gasteiger partial charge in [0.25, 0.3) is 0 Å². The Hall–Kier alpha value is -2.04. The SMILES string of the molecule is CC(C)c1ccc(CCNC(=O)[C@H]2CCCN(C(=O)OC(C)(C)C)C2)cc1. The molecule has 2 amide bonds. The highest BCUT2D eigenvalue weighted by molar-refractivity contribution is 5.80. The molecule has 0 radical (unpaired) electrons. The molecule has 0 aromatic heterocycles. The second-order valence-electron chi connectivity index (χ2n) is 8.70. The molecule has 1 fully saturated rings. The first-order valence-corrected chi connectivity index (χ1v) is 10.00. The maximum atomic E-state index is 12.5. The summed E-state index contributed by atoms with van der Waals surface area (Å²) in [5, 5.41) is 3.03. The lowest BCUT2D eigenvalue weighted by Crippen LogP contribution is -2.47. The molecule has 0 aliphatic carbocycles. The number of nitrogens with one attached hydrogen (secondary N) is 1. The van der Waals surface area contributed by atoms with E-state index in [2.05, 4.69) is 43.4 Å². The highest BCUT2D eigenvalue weighted by Crippen LogP contribution is 2.20. The summed E-state index contributed by atoms with van der Waals surface area (Å²) in [5.41, 5.74) is 2.03. The summed E-state index contributed by atoms with van der Waals surface area (Å²) in [6.07, 6.45) is 2.12. The summed E-state index contributed by atoms with van der Waals surface area (Å²) in [7, 11) is 0. The second kappa shape index (κ2) is 9.25. The van der Waals surface area contributed by atoms with Crippen LogP contribution in [0, 0.1) is 5.92 Å². The molecule has 1 saturated heterocycles. The van der Waals surface area contributed by atoms with Gasteiger partial charge in [0.1, 0.15) is 5.60 Å². The molecule has 1 heterocycles. The fraction of sp³-hybridized carbons (Fsp3) is 0.636. The van der Waals surface area contributed by atoms with Crippen LogP contribution in [-0.4, -0.2) is 42.1 Å². The third-order valence-electron chi connectivity index (χ3n) is 4.80. The van der Waals surface area contributed by atoms with Crippen LogP contribution >= 0.6 is 0 Å². The van der Waals surface area contributed by atoms with Crippen molar-refractivity contribution in [2.75, 3.05) is 19.6 Å². The normalized spacial score (nSPS) is 17.7. The van der Waals surface area contributed by atoms with Crippen molar-refractivity contribution in [1.29, 1.82) is 0 Å². The number of benzene rings is 1. The van der Waals surface area contributed by atoms with Gasteiger partial charge in [0.2, 0.25) is 5.91 Å². The first-order valence-electron chi connectivity index (χ1n) is 10.00. The van der Waals surface area contributed by atoms with Gasteiger partial charge in [-0.2, -0.15) is 0 Å². The van der Waals surface area contributed by atoms with E-state index in [0.717, 1.165) is 19.3 Å². The monoisotopic (exact) mass is 374 g/mol. The quantitative estimate of drug-likeness (QED) is 0.843. The average molecular weight is 375 g/mol. The van der Waals surface area contributed by atoms with Crippen molar-refractivity contribution in [3.05, 3.63) is 35.4 Å².